The van der Waals surface area contributed by atoms with Crippen LogP contribution < -0.4 is 5.47 Å². The van der Waals surface area contributed by atoms with Crippen molar-refractivity contribution in [3.8, 4) is 43.4 Å². The second-order valence-electron chi connectivity index (χ2n) is 10.1. The quantitative estimate of drug-likeness (QED) is 0.148. The molecule has 0 radical (unpaired) electrons. The van der Waals surface area contributed by atoms with E-state index in [2.05, 4.69) is 133 Å². The van der Waals surface area contributed by atoms with E-state index in [0.717, 1.165) is 0 Å². The molecule has 0 spiro atoms. The van der Waals surface area contributed by atoms with Gasteiger partial charge in [-0.1, -0.05) is 0 Å². The molecule has 2 heterocycles. The molecular weight excluding hydrogens is 743 g/mol. The van der Waals surface area contributed by atoms with E-state index in [1.54, 1.807) is 0 Å². The minimum atomic E-state index is -4.51. The van der Waals surface area contributed by atoms with Crippen molar-refractivity contribution in [1.29, 1.82) is 0 Å². The summed E-state index contributed by atoms with van der Waals surface area (Å²) in [6.07, 6.45) is 0. The van der Waals surface area contributed by atoms with Crippen molar-refractivity contribution < 1.29 is 13.3 Å². The zero-order chi connectivity index (χ0) is 27.8. The van der Waals surface area contributed by atoms with Crippen LogP contribution in [0.2, 0.25) is 11.5 Å². The molecule has 0 bridgehead atoms. The first-order valence-corrected chi connectivity index (χ1v) is 37.4. The maximum absolute atomic E-state index is 8.28. The first-order valence-electron chi connectivity index (χ1n) is 13.2. The monoisotopic (exact) mass is 770 g/mol. The van der Waals surface area contributed by atoms with Gasteiger partial charge < -0.3 is 0 Å². The second-order valence-corrected chi connectivity index (χ2v) is 75.0. The zero-order valence-corrected chi connectivity index (χ0v) is 32.1. The molecule has 0 aliphatic carbocycles. The summed E-state index contributed by atoms with van der Waals surface area (Å²) in [4.78, 5) is 0. The first kappa shape index (κ1) is 29.4. The molecule has 0 nitrogen and oxygen atoms in total. The van der Waals surface area contributed by atoms with Crippen molar-refractivity contribution >= 4 is 65.2 Å². The van der Waals surface area contributed by atoms with Crippen LogP contribution in [0.3, 0.4) is 0 Å². The molecule has 2 aromatic heterocycles. The molecule has 0 amide bonds. The third-order valence-corrected chi connectivity index (χ3v) is 110. The van der Waals surface area contributed by atoms with Gasteiger partial charge in [-0.05, 0) is 0 Å². The van der Waals surface area contributed by atoms with Gasteiger partial charge in [0.1, 0.15) is 0 Å². The Labute approximate surface area is 252 Å². The van der Waals surface area contributed by atoms with Crippen LogP contribution in [0.5, 0.6) is 0 Å². The van der Waals surface area contributed by atoms with Gasteiger partial charge in [0.15, 0.2) is 0 Å². The van der Waals surface area contributed by atoms with E-state index >= 15 is 0 Å². The van der Waals surface area contributed by atoms with Crippen LogP contribution in [0, 0.1) is 0 Å². The summed E-state index contributed by atoms with van der Waals surface area (Å²) >= 11 is -4.51. The number of benzene rings is 4. The van der Waals surface area contributed by atoms with E-state index in [1.807, 2.05) is 0 Å². The number of hydrogen-bond donors (Lipinski definition) is 0. The molecule has 0 N–H and O–H groups in total. The van der Waals surface area contributed by atoms with Gasteiger partial charge in [0, 0.05) is 0 Å². The summed E-state index contributed by atoms with van der Waals surface area (Å²) in [6.45, 7) is 0. The fourth-order valence-electron chi connectivity index (χ4n) is 4.99. The van der Waals surface area contributed by atoms with E-state index in [9.17, 15) is 0 Å². The molecule has 198 valence electrons. The molecule has 6 rings (SSSR count). The predicted molar refractivity (Wildman–Crippen MR) is 187 cm³/mol. The van der Waals surface area contributed by atoms with Gasteiger partial charge in [0.25, 0.3) is 0 Å². The number of rotatable bonds is 6. The summed E-state index contributed by atoms with van der Waals surface area (Å²) in [5.41, 5.74) is 5.17. The summed E-state index contributed by atoms with van der Waals surface area (Å²) in [7, 11) is 18.3. The molecule has 8 heteroatoms. The molecule has 0 saturated heterocycles. The van der Waals surface area contributed by atoms with E-state index in [0.29, 0.717) is 16.4 Å². The maximum atomic E-state index is 8.28. The predicted octanol–water partition coefficient (Wildman–Crippen LogP) is 11.8. The normalized spacial score (nSPS) is 12.7. The van der Waals surface area contributed by atoms with Crippen LogP contribution >= 0.6 is 49.8 Å². The molecular formula is C32H28Cl2GeP4Zr. The average molecular weight is 771 g/mol. The van der Waals surface area contributed by atoms with E-state index < -0.39 is 23.3 Å². The molecule has 6 aromatic rings. The van der Waals surface area contributed by atoms with Gasteiger partial charge in [0.05, 0.1) is 0 Å². The van der Waals surface area contributed by atoms with Crippen molar-refractivity contribution in [2.45, 2.75) is 11.5 Å². The fourth-order valence-corrected chi connectivity index (χ4v) is 85.2. The van der Waals surface area contributed by atoms with Crippen LogP contribution in [0.25, 0.3) is 43.4 Å². The van der Waals surface area contributed by atoms with Crippen LogP contribution in [0.4, 0.5) is 0 Å². The molecule has 0 saturated carbocycles. The van der Waals surface area contributed by atoms with E-state index in [1.165, 1.54) is 65.3 Å². The Kier molecular flexibility index (Phi) is 8.91. The van der Waals surface area contributed by atoms with Crippen LogP contribution in [0.1, 0.15) is 0 Å². The second kappa shape index (κ2) is 12.1. The Hall–Kier alpha value is -0.694. The van der Waals surface area contributed by atoms with Crippen molar-refractivity contribution in [3.05, 3.63) is 121 Å². The summed E-state index contributed by atoms with van der Waals surface area (Å²) < 4.78 is 2.94. The zero-order valence-electron chi connectivity index (χ0n) is 22.2. The SMILES string of the molecule is [CH3][Ge]([CH3])=[Zr]([Cl])([Cl])([c]1pc(-c2ccccc2)c(-c2ccccc2)[pH]1)[c]1pc(-c2ccccc2)c(-c2ccccc2)[pH]1. The number of halogens is 2. The van der Waals surface area contributed by atoms with Crippen LogP contribution in [-0.2, 0) is 13.3 Å². The molecule has 0 aliphatic rings. The molecule has 2 atom stereocenters. The Morgan fingerprint density at radius 2 is 0.800 bits per heavy atom. The topological polar surface area (TPSA) is 0 Å². The van der Waals surface area contributed by atoms with Gasteiger partial charge in [-0.3, -0.25) is 0 Å². The van der Waals surface area contributed by atoms with Gasteiger partial charge in [-0.2, -0.15) is 0 Å². The van der Waals surface area contributed by atoms with Crippen LogP contribution in [-0.4, -0.2) is 9.98 Å². The average Bonchev–Trinajstić information content (AvgIpc) is 3.66. The summed E-state index contributed by atoms with van der Waals surface area (Å²) in [5, 5.41) is 5.61. The minimum absolute atomic E-state index is 0.549. The van der Waals surface area contributed by atoms with E-state index in [4.69, 9.17) is 17.0 Å². The Bertz CT molecular complexity index is 1610. The Morgan fingerprint density at radius 3 is 1.10 bits per heavy atom. The molecule has 40 heavy (non-hydrogen) atoms. The first-order chi connectivity index (χ1) is 19.4. The summed E-state index contributed by atoms with van der Waals surface area (Å²) in [6, 6.07) is 43.5. The standard InChI is InChI=1S/2C15H11P2.C2H6Ge.2ClH.Zr/c2*1-3-7-12(8-4-1)14-15(17-11-16-14)13-9-5-2-6-10-13;1-3-2;;;/h2*1-10,16H;1-2H3;2*1H;/q;;;;;+2/p-2. The Morgan fingerprint density at radius 1 is 0.500 bits per heavy atom. The van der Waals surface area contributed by atoms with E-state index in [-0.39, 0.29) is 0 Å². The van der Waals surface area contributed by atoms with Gasteiger partial charge >= 0.3 is 255 Å². The third-order valence-electron chi connectivity index (χ3n) is 7.34. The number of hydrogen-bond acceptors (Lipinski definition) is 0. The molecule has 0 aliphatic heterocycles. The molecule has 4 aromatic carbocycles. The molecule has 0 fully saturated rings. The van der Waals surface area contributed by atoms with Crippen molar-refractivity contribution in [3.63, 3.8) is 0 Å². The molecule has 2 unspecified atom stereocenters. The van der Waals surface area contributed by atoms with Crippen molar-refractivity contribution in [1.82, 2.24) is 0 Å². The fraction of sp³-hybridized carbons (Fsp3) is 0.0625. The van der Waals surface area contributed by atoms with Gasteiger partial charge in [-0.15, -0.1) is 0 Å². The van der Waals surface area contributed by atoms with Gasteiger partial charge in [0.2, 0.25) is 0 Å². The Balaban J connectivity index is 1.64. The van der Waals surface area contributed by atoms with Gasteiger partial charge in [-0.25, -0.2) is 0 Å². The third kappa shape index (κ3) is 5.41. The summed E-state index contributed by atoms with van der Waals surface area (Å²) in [5.74, 6) is 4.88. The van der Waals surface area contributed by atoms with Crippen molar-refractivity contribution in [2.75, 3.05) is 0 Å². The van der Waals surface area contributed by atoms with Crippen LogP contribution in [0.15, 0.2) is 121 Å². The van der Waals surface area contributed by atoms with Crippen molar-refractivity contribution in [2.24, 2.45) is 0 Å².